The molecule has 1 aromatic carbocycles. The molecule has 10 heteroatoms. The Morgan fingerprint density at radius 3 is 2.57 bits per heavy atom. The van der Waals surface area contributed by atoms with Crippen molar-refractivity contribution in [2.24, 2.45) is 5.92 Å². The second-order valence-electron chi connectivity index (χ2n) is 8.77. The van der Waals surface area contributed by atoms with Crippen molar-refractivity contribution in [2.75, 3.05) is 20.3 Å². The number of benzene rings is 1. The molecule has 37 heavy (non-hydrogen) atoms. The molecule has 1 saturated carbocycles. The molecule has 10 nitrogen and oxygen atoms in total. The smallest absolute Gasteiger partial charge is 0.337 e. The first-order chi connectivity index (χ1) is 17.9. The van der Waals surface area contributed by atoms with Crippen molar-refractivity contribution >= 4 is 23.5 Å². The quantitative estimate of drug-likeness (QED) is 0.241. The highest BCUT2D eigenvalue weighted by Crippen LogP contribution is 2.21. The number of nitrogens with one attached hydrogen (secondary N) is 2. The Labute approximate surface area is 217 Å². The fourth-order valence-electron chi connectivity index (χ4n) is 3.58. The predicted molar refractivity (Wildman–Crippen MR) is 139 cm³/mol. The number of ether oxygens (including phenoxy) is 2. The number of methoxy groups -OCH3 is 1. The Balaban J connectivity index is 1.71. The van der Waals surface area contributed by atoms with Crippen LogP contribution >= 0.6 is 0 Å². The second-order valence-corrected chi connectivity index (χ2v) is 8.77. The lowest BCUT2D eigenvalue weighted by atomic mass is 10.1. The molecule has 3 rings (SSSR count). The van der Waals surface area contributed by atoms with E-state index in [-0.39, 0.29) is 23.8 Å². The van der Waals surface area contributed by atoms with Gasteiger partial charge in [0.1, 0.15) is 5.75 Å². The van der Waals surface area contributed by atoms with Gasteiger partial charge in [-0.25, -0.2) is 9.48 Å². The van der Waals surface area contributed by atoms with Crippen molar-refractivity contribution in [2.45, 2.75) is 52.5 Å². The minimum Gasteiger partial charge on any atom is -0.494 e. The molecule has 0 saturated heterocycles. The minimum absolute atomic E-state index is 0.0608. The van der Waals surface area contributed by atoms with Gasteiger partial charge in [-0.15, -0.1) is 5.10 Å². The van der Waals surface area contributed by atoms with E-state index in [4.69, 9.17) is 9.47 Å². The van der Waals surface area contributed by atoms with Gasteiger partial charge in [0.25, 0.3) is 5.91 Å². The first-order valence-electron chi connectivity index (χ1n) is 12.6. The van der Waals surface area contributed by atoms with Crippen LogP contribution in [0.4, 0.5) is 0 Å². The van der Waals surface area contributed by atoms with Gasteiger partial charge in [0.05, 0.1) is 36.6 Å². The fourth-order valence-corrected chi connectivity index (χ4v) is 3.58. The summed E-state index contributed by atoms with van der Waals surface area (Å²) in [5.74, 6) is -0.396. The van der Waals surface area contributed by atoms with E-state index >= 15 is 0 Å². The summed E-state index contributed by atoms with van der Waals surface area (Å²) in [5.41, 5.74) is 2.12. The lowest BCUT2D eigenvalue weighted by molar-refractivity contribution is -0.123. The van der Waals surface area contributed by atoms with Crippen LogP contribution in [0.5, 0.6) is 5.75 Å². The zero-order chi connectivity index (χ0) is 26.8. The lowest BCUT2D eigenvalue weighted by Gasteiger charge is -2.11. The third kappa shape index (κ3) is 7.77. The van der Waals surface area contributed by atoms with E-state index in [9.17, 15) is 14.4 Å². The van der Waals surface area contributed by atoms with E-state index in [0.717, 1.165) is 12.8 Å². The summed E-state index contributed by atoms with van der Waals surface area (Å²) >= 11 is 0. The van der Waals surface area contributed by atoms with Crippen LogP contribution in [-0.4, -0.2) is 59.1 Å². The molecule has 1 heterocycles. The number of carbonyl (C=O) groups excluding carboxylic acids is 3. The molecule has 1 aromatic heterocycles. The molecule has 0 radical (unpaired) electrons. The van der Waals surface area contributed by atoms with E-state index < -0.39 is 5.97 Å². The van der Waals surface area contributed by atoms with Crippen molar-refractivity contribution in [3.8, 4) is 5.75 Å². The van der Waals surface area contributed by atoms with Crippen molar-refractivity contribution < 1.29 is 23.9 Å². The summed E-state index contributed by atoms with van der Waals surface area (Å²) in [6.45, 7) is 6.52. The van der Waals surface area contributed by atoms with Gasteiger partial charge in [-0.2, -0.15) is 0 Å². The maximum Gasteiger partial charge on any atom is 0.337 e. The van der Waals surface area contributed by atoms with Crippen LogP contribution < -0.4 is 15.4 Å². The van der Waals surface area contributed by atoms with Gasteiger partial charge < -0.3 is 20.1 Å². The number of hydrogen-bond donors (Lipinski definition) is 2. The van der Waals surface area contributed by atoms with Crippen LogP contribution in [0.1, 0.15) is 66.6 Å². The number of aromatic nitrogens is 3. The van der Waals surface area contributed by atoms with E-state index in [1.807, 2.05) is 32.9 Å². The number of amides is 2. The Kier molecular flexibility index (Phi) is 10.00. The number of allylic oxidation sites excluding steroid dienone is 3. The average molecular weight is 510 g/mol. The van der Waals surface area contributed by atoms with E-state index in [0.29, 0.717) is 54.4 Å². The third-order valence-electron chi connectivity index (χ3n) is 5.85. The summed E-state index contributed by atoms with van der Waals surface area (Å²) in [6, 6.07) is 6.91. The molecule has 0 bridgehead atoms. The van der Waals surface area contributed by atoms with E-state index in [1.165, 1.54) is 7.11 Å². The average Bonchev–Trinajstić information content (AvgIpc) is 3.63. The van der Waals surface area contributed by atoms with Crippen LogP contribution in [0.15, 0.2) is 42.5 Å². The normalized spacial score (nSPS) is 14.3. The van der Waals surface area contributed by atoms with E-state index in [2.05, 4.69) is 20.9 Å². The van der Waals surface area contributed by atoms with E-state index in [1.54, 1.807) is 35.0 Å². The van der Waals surface area contributed by atoms with Crippen molar-refractivity contribution in [3.05, 3.63) is 59.4 Å². The second kappa shape index (κ2) is 13.4. The van der Waals surface area contributed by atoms with Crippen LogP contribution in [0.25, 0.3) is 5.70 Å². The fraction of sp³-hybridized carbons (Fsp3) is 0.444. The number of rotatable bonds is 13. The summed E-state index contributed by atoms with van der Waals surface area (Å²) < 4.78 is 12.2. The number of nitrogens with zero attached hydrogens (tertiary/aromatic N) is 3. The van der Waals surface area contributed by atoms with Crippen LogP contribution in [-0.2, 0) is 16.0 Å². The van der Waals surface area contributed by atoms with Gasteiger partial charge in [-0.1, -0.05) is 24.3 Å². The zero-order valence-corrected chi connectivity index (χ0v) is 21.8. The molecule has 0 aliphatic heterocycles. The molecule has 2 aromatic rings. The third-order valence-corrected chi connectivity index (χ3v) is 5.85. The van der Waals surface area contributed by atoms with Gasteiger partial charge >= 0.3 is 5.97 Å². The van der Waals surface area contributed by atoms with Gasteiger partial charge in [-0.05, 0) is 69.9 Å². The largest absolute Gasteiger partial charge is 0.494 e. The molecule has 0 spiro atoms. The molecule has 198 valence electrons. The van der Waals surface area contributed by atoms with Crippen molar-refractivity contribution in [1.29, 1.82) is 0 Å². The predicted octanol–water partition coefficient (Wildman–Crippen LogP) is 3.16. The number of esters is 1. The van der Waals surface area contributed by atoms with Gasteiger partial charge in [0.2, 0.25) is 5.91 Å². The maximum absolute atomic E-state index is 12.8. The first kappa shape index (κ1) is 27.6. The summed E-state index contributed by atoms with van der Waals surface area (Å²) in [5, 5.41) is 14.2. The Morgan fingerprint density at radius 2 is 1.95 bits per heavy atom. The van der Waals surface area contributed by atoms with Gasteiger partial charge in [0.15, 0.2) is 5.69 Å². The molecular formula is C27H35N5O5. The highest BCUT2D eigenvalue weighted by Gasteiger charge is 2.27. The molecule has 1 aliphatic rings. The molecule has 1 unspecified atom stereocenters. The summed E-state index contributed by atoms with van der Waals surface area (Å²) in [7, 11) is 1.34. The molecule has 1 atom stereocenters. The topological polar surface area (TPSA) is 124 Å². The summed E-state index contributed by atoms with van der Waals surface area (Å²) in [6.07, 6.45) is 8.53. The maximum atomic E-state index is 12.8. The van der Waals surface area contributed by atoms with Gasteiger partial charge in [-0.3, -0.25) is 9.59 Å². The summed E-state index contributed by atoms with van der Waals surface area (Å²) in [4.78, 5) is 36.5. The van der Waals surface area contributed by atoms with Crippen molar-refractivity contribution in [1.82, 2.24) is 25.6 Å². The minimum atomic E-state index is -0.404. The molecule has 2 amide bonds. The first-order valence-corrected chi connectivity index (χ1v) is 12.6. The molecule has 2 N–H and O–H groups in total. The molecular weight excluding hydrogens is 474 g/mol. The van der Waals surface area contributed by atoms with Crippen molar-refractivity contribution in [3.63, 3.8) is 0 Å². The molecule has 1 aliphatic carbocycles. The highest BCUT2D eigenvalue weighted by molar-refractivity contribution is 5.94. The highest BCUT2D eigenvalue weighted by atomic mass is 16.5. The Bertz CT molecular complexity index is 1150. The Morgan fingerprint density at radius 1 is 1.22 bits per heavy atom. The van der Waals surface area contributed by atoms with Crippen LogP contribution in [0, 0.1) is 5.92 Å². The number of hydrogen-bond acceptors (Lipinski definition) is 7. The standard InChI is InChI=1S/C27H35N5O5/c1-5-21(14-9-18(3)25(33)28-6-2)32-23(24(30-31-32)26(34)29-20-12-13-20)8-7-17-37-22-15-10-19(11-16-22)27(35)36-4/h5,9-11,14-16,18,20H,6-8,12-13,17H2,1-4H3,(H,28,33)(H,29,34)/b14-9-,21-5+. The van der Waals surface area contributed by atoms with Crippen LogP contribution in [0.3, 0.4) is 0 Å². The monoisotopic (exact) mass is 509 g/mol. The molecule has 1 fully saturated rings. The van der Waals surface area contributed by atoms with Gasteiger partial charge in [0, 0.05) is 12.6 Å². The Hall–Kier alpha value is -3.95. The lowest BCUT2D eigenvalue weighted by Crippen LogP contribution is -2.27. The number of carbonyl (C=O) groups is 3. The zero-order valence-electron chi connectivity index (χ0n) is 21.8. The SMILES string of the molecule is C/C=C(\C=C/C(C)C(=O)NCC)n1nnc(C(=O)NC2CC2)c1CCCOc1ccc(C(=O)OC)cc1. The van der Waals surface area contributed by atoms with Crippen LogP contribution in [0.2, 0.25) is 0 Å².